The standard InChI is InChI=1S/C47H45N5/c48-47(34-40-25-13-4-14-26-40)51(35-41-27-15-5-16-28-41)43(31-37-19-7-1-8-20-37)45-46(33-39-23-11-3-12-24-39,52(47)36-42-29-17-6-18-30-42)50-44(49-45)32-38-21-9-2-10-22-38/h1-30H,31-36,48H2,(H,49,50). The first-order valence-corrected chi connectivity index (χ1v) is 18.3. The van der Waals surface area contributed by atoms with E-state index in [0.717, 1.165) is 11.5 Å². The van der Waals surface area contributed by atoms with Crippen LogP contribution in [-0.4, -0.2) is 27.1 Å². The highest BCUT2D eigenvalue weighted by Crippen LogP contribution is 2.48. The van der Waals surface area contributed by atoms with Gasteiger partial charge in [0.15, 0.2) is 11.4 Å². The zero-order chi connectivity index (χ0) is 35.2. The Morgan fingerprint density at radius 2 is 0.865 bits per heavy atom. The Kier molecular flexibility index (Phi) is 9.54. The average Bonchev–Trinajstić information content (AvgIpc) is 3.55. The average molecular weight is 680 g/mol. The third kappa shape index (κ3) is 6.93. The molecule has 0 saturated carbocycles. The van der Waals surface area contributed by atoms with Crippen molar-refractivity contribution in [2.45, 2.75) is 50.2 Å². The molecule has 0 amide bonds. The van der Waals surface area contributed by atoms with Crippen LogP contribution in [0.3, 0.4) is 0 Å². The normalized spacial score (nSPS) is 19.9. The number of nitrogens with zero attached hydrogens (tertiary/aromatic N) is 3. The van der Waals surface area contributed by atoms with E-state index in [1.807, 2.05) is 0 Å². The van der Waals surface area contributed by atoms with Crippen molar-refractivity contribution >= 4 is 5.84 Å². The van der Waals surface area contributed by atoms with E-state index in [0.29, 0.717) is 38.8 Å². The molecule has 6 aromatic carbocycles. The number of nitrogens with two attached hydrogens (primary N) is 1. The van der Waals surface area contributed by atoms with Gasteiger partial charge in [0.25, 0.3) is 0 Å². The van der Waals surface area contributed by atoms with Gasteiger partial charge in [-0.25, -0.2) is 9.89 Å². The van der Waals surface area contributed by atoms with Crippen LogP contribution in [0.1, 0.15) is 33.4 Å². The molecule has 2 atom stereocenters. The third-order valence-electron chi connectivity index (χ3n) is 10.4. The van der Waals surface area contributed by atoms with E-state index in [4.69, 9.17) is 10.7 Å². The predicted octanol–water partition coefficient (Wildman–Crippen LogP) is 8.50. The largest absolute Gasteiger partial charge is 0.342 e. The van der Waals surface area contributed by atoms with Gasteiger partial charge in [-0.15, -0.1) is 0 Å². The van der Waals surface area contributed by atoms with Crippen LogP contribution < -0.4 is 11.1 Å². The lowest BCUT2D eigenvalue weighted by molar-refractivity contribution is -0.118. The maximum absolute atomic E-state index is 8.23. The Balaban J connectivity index is 1.41. The minimum atomic E-state index is -0.983. The number of amidine groups is 1. The van der Waals surface area contributed by atoms with E-state index in [1.54, 1.807) is 0 Å². The maximum Gasteiger partial charge on any atom is 0.164 e. The van der Waals surface area contributed by atoms with E-state index in [2.05, 4.69) is 197 Å². The van der Waals surface area contributed by atoms with Crippen LogP contribution in [0.2, 0.25) is 0 Å². The molecule has 5 heteroatoms. The summed E-state index contributed by atoms with van der Waals surface area (Å²) in [6.07, 6.45) is 2.65. The van der Waals surface area contributed by atoms with Gasteiger partial charge in [0.05, 0.1) is 5.70 Å². The molecule has 52 heavy (non-hydrogen) atoms. The molecule has 258 valence electrons. The summed E-state index contributed by atoms with van der Waals surface area (Å²) in [5, 5.41) is 4.00. The number of fused-ring (bicyclic) bond motifs is 1. The van der Waals surface area contributed by atoms with Crippen LogP contribution in [-0.2, 0) is 38.8 Å². The molecule has 5 nitrogen and oxygen atoms in total. The summed E-state index contributed by atoms with van der Waals surface area (Å²) in [7, 11) is 0. The topological polar surface area (TPSA) is 56.9 Å². The number of nitrogens with one attached hydrogen (secondary N) is 1. The molecule has 6 aromatic rings. The molecule has 3 N–H and O–H groups in total. The zero-order valence-corrected chi connectivity index (χ0v) is 29.5. The molecule has 0 spiro atoms. The first-order chi connectivity index (χ1) is 25.6. The second-order valence-corrected chi connectivity index (χ2v) is 14.0. The van der Waals surface area contributed by atoms with Crippen LogP contribution in [0, 0.1) is 0 Å². The summed E-state index contributed by atoms with van der Waals surface area (Å²) in [4.78, 5) is 10.8. The smallest absolute Gasteiger partial charge is 0.164 e. The lowest BCUT2D eigenvalue weighted by Crippen LogP contribution is -2.76. The molecule has 0 aliphatic carbocycles. The number of hydrogen-bond acceptors (Lipinski definition) is 5. The highest BCUT2D eigenvalue weighted by atomic mass is 15.6. The molecule has 8 rings (SSSR count). The maximum atomic E-state index is 8.23. The minimum absolute atomic E-state index is 0.596. The van der Waals surface area contributed by atoms with Gasteiger partial charge in [-0.3, -0.25) is 5.73 Å². The molecular weight excluding hydrogens is 635 g/mol. The summed E-state index contributed by atoms with van der Waals surface area (Å²) >= 11 is 0. The lowest BCUT2D eigenvalue weighted by atomic mass is 9.85. The van der Waals surface area contributed by atoms with Gasteiger partial charge >= 0.3 is 0 Å². The van der Waals surface area contributed by atoms with Crippen molar-refractivity contribution in [2.24, 2.45) is 10.7 Å². The predicted molar refractivity (Wildman–Crippen MR) is 212 cm³/mol. The van der Waals surface area contributed by atoms with Gasteiger partial charge in [-0.1, -0.05) is 182 Å². The molecular formula is C47H45N5. The van der Waals surface area contributed by atoms with E-state index in [1.165, 1.54) is 39.1 Å². The Hall–Kier alpha value is -5.75. The number of rotatable bonds is 12. The second-order valence-electron chi connectivity index (χ2n) is 14.0. The molecule has 0 bridgehead atoms. The highest BCUT2D eigenvalue weighted by Gasteiger charge is 2.59. The third-order valence-corrected chi connectivity index (χ3v) is 10.4. The van der Waals surface area contributed by atoms with Crippen LogP contribution >= 0.6 is 0 Å². The Bertz CT molecular complexity index is 2120. The molecule has 2 aliphatic rings. The Morgan fingerprint density at radius 3 is 1.37 bits per heavy atom. The Morgan fingerprint density at radius 1 is 0.462 bits per heavy atom. The van der Waals surface area contributed by atoms with Gasteiger partial charge in [0.1, 0.15) is 5.84 Å². The van der Waals surface area contributed by atoms with Crippen LogP contribution in [0.25, 0.3) is 0 Å². The van der Waals surface area contributed by atoms with Gasteiger partial charge in [-0.2, -0.15) is 0 Å². The minimum Gasteiger partial charge on any atom is -0.342 e. The van der Waals surface area contributed by atoms with Crippen molar-refractivity contribution in [2.75, 3.05) is 0 Å². The van der Waals surface area contributed by atoms with Crippen LogP contribution in [0.5, 0.6) is 0 Å². The Labute approximate surface area is 307 Å². The van der Waals surface area contributed by atoms with E-state index < -0.39 is 11.4 Å². The van der Waals surface area contributed by atoms with Crippen molar-refractivity contribution in [1.82, 2.24) is 15.1 Å². The van der Waals surface area contributed by atoms with E-state index >= 15 is 0 Å². The van der Waals surface area contributed by atoms with Crippen molar-refractivity contribution in [3.05, 3.63) is 227 Å². The van der Waals surface area contributed by atoms with Gasteiger partial charge in [0, 0.05) is 44.5 Å². The van der Waals surface area contributed by atoms with Crippen LogP contribution in [0.4, 0.5) is 0 Å². The fraction of sp³-hybridized carbons (Fsp3) is 0.170. The fourth-order valence-corrected chi connectivity index (χ4v) is 7.95. The zero-order valence-electron chi connectivity index (χ0n) is 29.5. The summed E-state index contributed by atoms with van der Waals surface area (Å²) in [5.74, 6) is -0.0348. The number of aliphatic imine (C=N–C) groups is 1. The van der Waals surface area contributed by atoms with Crippen LogP contribution in [0.15, 0.2) is 198 Å². The van der Waals surface area contributed by atoms with Crippen molar-refractivity contribution < 1.29 is 0 Å². The lowest BCUT2D eigenvalue weighted by Gasteiger charge is -2.60. The summed E-state index contributed by atoms with van der Waals surface area (Å²) in [6.45, 7) is 1.24. The van der Waals surface area contributed by atoms with Crippen molar-refractivity contribution in [3.63, 3.8) is 0 Å². The SMILES string of the molecule is NC1(Cc2ccccc2)N(Cc2ccccc2)C(Cc2ccccc2)=C2NC(Cc3ccccc3)=NC2(Cc2ccccc2)N1Cc1ccccc1. The quantitative estimate of drug-likeness (QED) is 0.136. The van der Waals surface area contributed by atoms with Gasteiger partial charge in [-0.05, 0) is 33.4 Å². The number of hydrogen-bond donors (Lipinski definition) is 2. The highest BCUT2D eigenvalue weighted by molar-refractivity contribution is 5.90. The molecule has 2 aliphatic heterocycles. The fourth-order valence-electron chi connectivity index (χ4n) is 7.95. The molecule has 2 heterocycles. The summed E-state index contributed by atoms with van der Waals surface area (Å²) < 4.78 is 0. The van der Waals surface area contributed by atoms with Gasteiger partial charge in [0.2, 0.25) is 0 Å². The molecule has 0 saturated heterocycles. The van der Waals surface area contributed by atoms with Crippen molar-refractivity contribution in [1.29, 1.82) is 0 Å². The summed E-state index contributed by atoms with van der Waals surface area (Å²) in [5.41, 5.74) is 16.9. The molecule has 0 aromatic heterocycles. The van der Waals surface area contributed by atoms with Crippen molar-refractivity contribution in [3.8, 4) is 0 Å². The number of benzene rings is 6. The summed E-state index contributed by atoms with van der Waals surface area (Å²) in [6, 6.07) is 64.4. The van der Waals surface area contributed by atoms with Gasteiger partial charge < -0.3 is 10.2 Å². The number of allylic oxidation sites excluding steroid dienone is 1. The molecule has 0 fully saturated rings. The monoisotopic (exact) mass is 679 g/mol. The van der Waals surface area contributed by atoms with E-state index in [9.17, 15) is 0 Å². The second kappa shape index (κ2) is 14.8. The first kappa shape index (κ1) is 33.4. The molecule has 0 radical (unpaired) electrons. The first-order valence-electron chi connectivity index (χ1n) is 18.3. The van der Waals surface area contributed by atoms with E-state index in [-0.39, 0.29) is 0 Å². The molecule has 2 unspecified atom stereocenters.